The average molecular weight is 825 g/mol. The number of benzene rings is 2. The third-order valence-corrected chi connectivity index (χ3v) is 12.1. The molecule has 1 aliphatic rings. The zero-order valence-electron chi connectivity index (χ0n) is 35.1. The molecule has 0 aliphatic heterocycles. The Morgan fingerprint density at radius 2 is 1.63 bits per heavy atom. The summed E-state index contributed by atoms with van der Waals surface area (Å²) in [7, 11) is 0. The second kappa shape index (κ2) is 18.5. The molecule has 5 rings (SSSR count). The molecule has 2 amide bonds. The highest BCUT2D eigenvalue weighted by Crippen LogP contribution is 2.41. The fourth-order valence-corrected chi connectivity index (χ4v) is 7.95. The first kappa shape index (κ1) is 45.1. The number of aryl methyl sites for hydroxylation is 2. The number of fused-ring (bicyclic) bond motifs is 3. The van der Waals surface area contributed by atoms with Gasteiger partial charge < -0.3 is 15.6 Å². The lowest BCUT2D eigenvalue weighted by Crippen LogP contribution is -2.60. The summed E-state index contributed by atoms with van der Waals surface area (Å²) in [6, 6.07) is 9.85. The normalized spacial score (nSPS) is 17.8. The zero-order chi connectivity index (χ0) is 43.3. The van der Waals surface area contributed by atoms with Crippen LogP contribution in [-0.2, 0) is 56.7 Å². The number of aromatic nitrogens is 5. The Hall–Kier alpha value is -4.95. The monoisotopic (exact) mass is 824 g/mol. The van der Waals surface area contributed by atoms with E-state index in [2.05, 4.69) is 26.0 Å². The number of hydrogen-bond donors (Lipinski definition) is 3. The number of nitrogens with one attached hydrogen (secondary N) is 3. The molecule has 59 heavy (non-hydrogen) atoms. The number of amides is 2. The number of H-pyrrole nitrogens is 1. The predicted octanol–water partition coefficient (Wildman–Crippen LogP) is 7.00. The number of hydrogen-bond acceptors (Lipinski definition) is 6. The minimum absolute atomic E-state index is 0.0659. The standard InChI is InChI=1S/C44H57F4N7O4/c1-8-27(3)32(23-30(56)22-29-14-10-11-17-36(29)45)41(59)51-43(19-18-37-34(25-43)31-15-12-16-35(39(31)50-37)44(46,47)48)38(57)24-33(28(4)9-2)40(58)49-20-13-21-54-26-55(53-52-54)42(5,6)7/h10-12,14-17,26-28,32-33,50H,8-9,13,18-25H2,1-7H3,(H-,49,51,58,59)/p+1/t27?,28?,32-,33-,43+/m0/s1. The molecule has 15 heteroatoms. The molecule has 2 unspecified atom stereocenters. The summed E-state index contributed by atoms with van der Waals surface area (Å²) in [6.07, 6.45) is -1.67. The Morgan fingerprint density at radius 1 is 0.949 bits per heavy atom. The van der Waals surface area contributed by atoms with E-state index in [1.165, 1.54) is 24.3 Å². The van der Waals surface area contributed by atoms with Crippen molar-refractivity contribution in [2.45, 2.75) is 130 Å². The van der Waals surface area contributed by atoms with E-state index in [1.54, 1.807) is 27.8 Å². The van der Waals surface area contributed by atoms with Crippen LogP contribution in [0.1, 0.15) is 109 Å². The summed E-state index contributed by atoms with van der Waals surface area (Å²) >= 11 is 0. The molecule has 320 valence electrons. The number of para-hydroxylation sites is 1. The van der Waals surface area contributed by atoms with Crippen molar-refractivity contribution in [3.63, 3.8) is 0 Å². The summed E-state index contributed by atoms with van der Waals surface area (Å²) in [5.74, 6) is -4.29. The van der Waals surface area contributed by atoms with Gasteiger partial charge >= 0.3 is 6.18 Å². The molecule has 2 aromatic carbocycles. The molecule has 0 saturated carbocycles. The molecule has 0 saturated heterocycles. The highest BCUT2D eigenvalue weighted by molar-refractivity contribution is 5.99. The van der Waals surface area contributed by atoms with Gasteiger partial charge in [-0.1, -0.05) is 75.6 Å². The minimum atomic E-state index is -4.63. The topological polar surface area (TPSA) is 143 Å². The lowest BCUT2D eigenvalue weighted by atomic mass is 9.72. The quantitative estimate of drug-likeness (QED) is 0.0561. The Balaban J connectivity index is 1.42. The van der Waals surface area contributed by atoms with Crippen LogP contribution in [0.25, 0.3) is 10.9 Å². The van der Waals surface area contributed by atoms with Gasteiger partial charge in [0.2, 0.25) is 18.1 Å². The smallest absolute Gasteiger partial charge is 0.358 e. The first-order valence-corrected chi connectivity index (χ1v) is 20.7. The van der Waals surface area contributed by atoms with E-state index < -0.39 is 46.6 Å². The third-order valence-electron chi connectivity index (χ3n) is 12.1. The molecule has 0 bridgehead atoms. The molecule has 11 nitrogen and oxygen atoms in total. The van der Waals surface area contributed by atoms with Crippen LogP contribution in [-0.4, -0.2) is 55.6 Å². The molecule has 0 fully saturated rings. The van der Waals surface area contributed by atoms with E-state index >= 15 is 0 Å². The summed E-state index contributed by atoms with van der Waals surface area (Å²) < 4.78 is 60.3. The van der Waals surface area contributed by atoms with Crippen molar-refractivity contribution in [2.75, 3.05) is 6.54 Å². The third kappa shape index (κ3) is 10.6. The van der Waals surface area contributed by atoms with Gasteiger partial charge in [0.25, 0.3) is 0 Å². The SMILES string of the molecule is CCC(C)[C@H](CC(=O)[C@@]1(NC(=O)[C@@H](CC(=O)Cc2ccccc2F)C(C)CC)CCc2[nH]c3c(C(F)(F)F)cccc3c2C1)C(=O)NCCC[n+]1cn(C(C)(C)C)nn1. The van der Waals surface area contributed by atoms with Crippen LogP contribution in [0.2, 0.25) is 0 Å². The second-order valence-corrected chi connectivity index (χ2v) is 17.3. The van der Waals surface area contributed by atoms with Crippen molar-refractivity contribution >= 4 is 34.3 Å². The van der Waals surface area contributed by atoms with Crippen molar-refractivity contribution in [3.8, 4) is 0 Å². The van der Waals surface area contributed by atoms with E-state index in [0.29, 0.717) is 49.0 Å². The first-order valence-electron chi connectivity index (χ1n) is 20.7. The summed E-state index contributed by atoms with van der Waals surface area (Å²) in [5, 5.41) is 14.7. The molecule has 0 spiro atoms. The fourth-order valence-electron chi connectivity index (χ4n) is 7.95. The maximum atomic E-state index is 14.9. The van der Waals surface area contributed by atoms with Crippen LogP contribution in [0.15, 0.2) is 48.8 Å². The number of ketones is 2. The first-order chi connectivity index (χ1) is 27.8. The Labute approximate surface area is 343 Å². The Bertz CT molecular complexity index is 2140. The van der Waals surface area contributed by atoms with Crippen LogP contribution in [0.4, 0.5) is 17.6 Å². The largest absolute Gasteiger partial charge is 0.418 e. The number of tetrazole rings is 1. The van der Waals surface area contributed by atoms with Gasteiger partial charge in [-0.05, 0) is 75.1 Å². The van der Waals surface area contributed by atoms with Gasteiger partial charge in [0.15, 0.2) is 11.0 Å². The van der Waals surface area contributed by atoms with Gasteiger partial charge in [0.1, 0.15) is 27.9 Å². The molecular weight excluding hydrogens is 767 g/mol. The number of rotatable bonds is 18. The van der Waals surface area contributed by atoms with Gasteiger partial charge in [0.05, 0.1) is 17.6 Å². The van der Waals surface area contributed by atoms with Crippen LogP contribution >= 0.6 is 0 Å². The number of nitrogens with zero attached hydrogens (tertiary/aromatic N) is 4. The van der Waals surface area contributed by atoms with Crippen LogP contribution in [0.5, 0.6) is 0 Å². The van der Waals surface area contributed by atoms with E-state index in [1.807, 2.05) is 48.5 Å². The molecule has 2 heterocycles. The summed E-state index contributed by atoms with van der Waals surface area (Å²) in [5.41, 5.74) is -1.50. The van der Waals surface area contributed by atoms with Crippen molar-refractivity contribution in [3.05, 3.63) is 77.0 Å². The molecule has 0 radical (unpaired) electrons. The molecule has 3 N–H and O–H groups in total. The van der Waals surface area contributed by atoms with Gasteiger partial charge in [0, 0.05) is 55.1 Å². The van der Waals surface area contributed by atoms with E-state index in [-0.39, 0.29) is 78.7 Å². The number of halogens is 4. The highest BCUT2D eigenvalue weighted by atomic mass is 19.4. The van der Waals surface area contributed by atoms with Crippen molar-refractivity contribution in [2.24, 2.45) is 23.7 Å². The molecular formula is C44H58F4N7O4+. The Kier molecular flexibility index (Phi) is 14.2. The molecule has 1 aliphatic carbocycles. The zero-order valence-corrected chi connectivity index (χ0v) is 35.1. The van der Waals surface area contributed by atoms with E-state index in [4.69, 9.17) is 0 Å². The van der Waals surface area contributed by atoms with E-state index in [0.717, 1.165) is 6.07 Å². The maximum absolute atomic E-state index is 14.9. The predicted molar refractivity (Wildman–Crippen MR) is 214 cm³/mol. The number of Topliss-reactive ketones (excluding diaryl/α,β-unsaturated/α-hetero) is 2. The van der Waals surface area contributed by atoms with Gasteiger partial charge in [-0.3, -0.25) is 19.2 Å². The van der Waals surface area contributed by atoms with Gasteiger partial charge in [-0.25, -0.2) is 4.39 Å². The van der Waals surface area contributed by atoms with Crippen LogP contribution in [0, 0.1) is 29.5 Å². The van der Waals surface area contributed by atoms with E-state index in [9.17, 15) is 36.7 Å². The summed E-state index contributed by atoms with van der Waals surface area (Å²) in [6.45, 7) is 14.4. The fraction of sp³-hybridized carbons (Fsp3) is 0.568. The minimum Gasteiger partial charge on any atom is -0.358 e. The van der Waals surface area contributed by atoms with Gasteiger partial charge in [-0.15, -0.1) is 4.68 Å². The number of carbonyl (C=O) groups is 4. The maximum Gasteiger partial charge on any atom is 0.418 e. The lowest BCUT2D eigenvalue weighted by Gasteiger charge is -2.39. The van der Waals surface area contributed by atoms with Gasteiger partial charge in [-0.2, -0.15) is 13.2 Å². The number of alkyl halides is 3. The average Bonchev–Trinajstić information content (AvgIpc) is 3.82. The molecule has 4 aromatic rings. The van der Waals surface area contributed by atoms with Crippen LogP contribution in [0.3, 0.4) is 0 Å². The van der Waals surface area contributed by atoms with Crippen molar-refractivity contribution in [1.82, 2.24) is 30.7 Å². The molecule has 2 aromatic heterocycles. The number of carbonyl (C=O) groups excluding carboxylic acids is 4. The van der Waals surface area contributed by atoms with Crippen molar-refractivity contribution in [1.29, 1.82) is 0 Å². The Morgan fingerprint density at radius 3 is 2.25 bits per heavy atom. The number of aromatic amines is 1. The van der Waals surface area contributed by atoms with Crippen LogP contribution < -0.4 is 15.3 Å². The lowest BCUT2D eigenvalue weighted by molar-refractivity contribution is -0.755. The highest BCUT2D eigenvalue weighted by Gasteiger charge is 2.47. The summed E-state index contributed by atoms with van der Waals surface area (Å²) in [4.78, 5) is 59.6. The second-order valence-electron chi connectivity index (χ2n) is 17.3. The molecule has 5 atom stereocenters. The van der Waals surface area contributed by atoms with Crippen molar-refractivity contribution < 1.29 is 41.4 Å².